The summed E-state index contributed by atoms with van der Waals surface area (Å²) in [5, 5.41) is 0. The number of hydrogen-bond acceptors (Lipinski definition) is 7. The van der Waals surface area contributed by atoms with Crippen LogP contribution in [0.5, 0.6) is 0 Å². The summed E-state index contributed by atoms with van der Waals surface area (Å²) in [6.45, 7) is 4.35. The van der Waals surface area contributed by atoms with Crippen LogP contribution in [0.2, 0.25) is 0 Å². The van der Waals surface area contributed by atoms with Crippen molar-refractivity contribution in [1.29, 1.82) is 0 Å². The van der Waals surface area contributed by atoms with E-state index in [1.165, 1.54) is 250 Å². The van der Waals surface area contributed by atoms with E-state index in [0.29, 0.717) is 17.4 Å². The number of rotatable bonds is 75. The van der Waals surface area contributed by atoms with Gasteiger partial charge in [-0.25, -0.2) is 4.57 Å². The summed E-state index contributed by atoms with van der Waals surface area (Å²) in [6.07, 6.45) is 108. The molecule has 0 saturated heterocycles. The number of carbonyl (C=O) groups is 2. The molecule has 10 heteroatoms. The van der Waals surface area contributed by atoms with Crippen LogP contribution in [-0.2, 0) is 32.7 Å². The van der Waals surface area contributed by atoms with E-state index < -0.39 is 26.5 Å². The normalized spacial score (nSPS) is 13.6. The first kappa shape index (κ1) is 92.7. The Labute approximate surface area is 595 Å². The lowest BCUT2D eigenvalue weighted by molar-refractivity contribution is -0.870. The Morgan fingerprint density at radius 1 is 0.333 bits per heavy atom. The highest BCUT2D eigenvalue weighted by molar-refractivity contribution is 7.47. The van der Waals surface area contributed by atoms with Gasteiger partial charge in [0, 0.05) is 12.8 Å². The second-order valence-corrected chi connectivity index (χ2v) is 29.9. The molecule has 0 fully saturated rings. The Hall–Kier alpha value is -3.33. The SMILES string of the molecule is CC/C=C\C/C=C\C/C=C\C/C=C\C/C=C\C/C=C\CCCCCCCCCCCCCCC(=O)OC(COC(=O)CCCCCCCCCCCCCCCCCCCCCCCCCCCC/C=C\C/C=C\C/C=C\CCCCCCC)COP(=O)(O)OCC[N+](C)(C)C. The number of phosphoric ester groups is 1. The maximum absolute atomic E-state index is 12.9. The minimum Gasteiger partial charge on any atom is -0.462 e. The minimum atomic E-state index is -4.40. The zero-order valence-electron chi connectivity index (χ0n) is 63.6. The average molecular weight is 1360 g/mol. The first-order valence-electron chi connectivity index (χ1n) is 40.6. The van der Waals surface area contributed by atoms with E-state index in [9.17, 15) is 19.0 Å². The van der Waals surface area contributed by atoms with Gasteiger partial charge in [0.05, 0.1) is 27.7 Å². The number of unbranched alkanes of at least 4 members (excludes halogenated alkanes) is 43. The zero-order chi connectivity index (χ0) is 69.7. The van der Waals surface area contributed by atoms with Crippen molar-refractivity contribution >= 4 is 19.8 Å². The maximum atomic E-state index is 12.9. The second-order valence-electron chi connectivity index (χ2n) is 28.4. The largest absolute Gasteiger partial charge is 0.472 e. The van der Waals surface area contributed by atoms with Gasteiger partial charge >= 0.3 is 19.8 Å². The Balaban J connectivity index is 3.93. The molecule has 0 saturated carbocycles. The molecule has 96 heavy (non-hydrogen) atoms. The Bertz CT molecular complexity index is 1990. The Morgan fingerprint density at radius 3 is 0.885 bits per heavy atom. The van der Waals surface area contributed by atoms with Crippen molar-refractivity contribution in [2.45, 2.75) is 380 Å². The number of allylic oxidation sites excluding steroid dienone is 18. The van der Waals surface area contributed by atoms with Crippen molar-refractivity contribution in [3.05, 3.63) is 109 Å². The molecule has 2 unspecified atom stereocenters. The third kappa shape index (κ3) is 79.7. The third-order valence-corrected chi connectivity index (χ3v) is 18.8. The molecule has 1 N–H and O–H groups in total. The minimum absolute atomic E-state index is 0.0294. The van der Waals surface area contributed by atoms with E-state index in [1.807, 2.05) is 21.1 Å². The van der Waals surface area contributed by atoms with Gasteiger partial charge in [0.15, 0.2) is 6.10 Å². The van der Waals surface area contributed by atoms with E-state index in [-0.39, 0.29) is 32.0 Å². The number of esters is 2. The number of likely N-dealkylation sites (N-methyl/N-ethyl adjacent to an activating group) is 1. The molecule has 0 heterocycles. The van der Waals surface area contributed by atoms with Crippen LogP contribution in [0.3, 0.4) is 0 Å². The van der Waals surface area contributed by atoms with E-state index in [2.05, 4.69) is 123 Å². The molecular formula is C86H155NO8P+. The molecule has 0 radical (unpaired) electrons. The molecule has 0 amide bonds. The van der Waals surface area contributed by atoms with Gasteiger partial charge in [0.1, 0.15) is 19.8 Å². The van der Waals surface area contributed by atoms with E-state index in [0.717, 1.165) is 89.9 Å². The lowest BCUT2D eigenvalue weighted by Crippen LogP contribution is -2.37. The van der Waals surface area contributed by atoms with Gasteiger partial charge in [-0.3, -0.25) is 18.6 Å². The second kappa shape index (κ2) is 75.9. The van der Waals surface area contributed by atoms with Gasteiger partial charge in [0.25, 0.3) is 0 Å². The van der Waals surface area contributed by atoms with E-state index in [4.69, 9.17) is 18.5 Å². The van der Waals surface area contributed by atoms with Gasteiger partial charge in [-0.15, -0.1) is 0 Å². The number of quaternary nitrogens is 1. The van der Waals surface area contributed by atoms with Crippen molar-refractivity contribution in [2.24, 2.45) is 0 Å². The van der Waals surface area contributed by atoms with Crippen LogP contribution in [-0.4, -0.2) is 74.9 Å². The highest BCUT2D eigenvalue weighted by atomic mass is 31.2. The molecule has 0 aromatic carbocycles. The molecule has 0 spiro atoms. The number of ether oxygens (including phenoxy) is 2. The number of carbonyl (C=O) groups excluding carboxylic acids is 2. The molecule has 0 aliphatic heterocycles. The molecule has 0 rings (SSSR count). The van der Waals surface area contributed by atoms with Gasteiger partial charge in [0.2, 0.25) is 0 Å². The van der Waals surface area contributed by atoms with Crippen LogP contribution in [0.25, 0.3) is 0 Å². The summed E-state index contributed by atoms with van der Waals surface area (Å²) < 4.78 is 34.8. The predicted molar refractivity (Wildman–Crippen MR) is 418 cm³/mol. The smallest absolute Gasteiger partial charge is 0.462 e. The molecule has 0 aliphatic rings. The summed E-state index contributed by atoms with van der Waals surface area (Å²) in [5.74, 6) is -0.787. The fourth-order valence-electron chi connectivity index (χ4n) is 11.6. The molecule has 9 nitrogen and oxygen atoms in total. The molecule has 0 aliphatic carbocycles. The Kier molecular flexibility index (Phi) is 73.2. The molecule has 0 aromatic heterocycles. The lowest BCUT2D eigenvalue weighted by atomic mass is 10.0. The standard InChI is InChI=1S/C86H154NO8P/c1-6-8-10-12-14-16-18-20-22-24-26-28-30-32-34-36-38-39-40-41-42-43-44-45-46-47-49-50-52-54-56-58-60-62-64-66-68-70-72-74-76-78-85(88)92-82-84(83-94-96(90,91)93-81-80-87(3,4)5)95-86(89)79-77-75-73-71-69-67-65-63-61-59-57-55-53-51-48-37-35-33-31-29-27-25-23-21-19-17-15-13-11-9-7-2/h9,11,15,17-18,20-21,23-24,26-27,29-30,32-33,35,48,51,84H,6-8,10,12-14,16,19,22,25,28,31,34,36-47,49-50,52-83H2,1-5H3/p+1/b11-9-,17-15-,20-18-,23-21-,26-24-,29-27-,32-30-,35-33-,51-48-. The van der Waals surface area contributed by atoms with Crippen LogP contribution in [0.4, 0.5) is 0 Å². The Morgan fingerprint density at radius 2 is 0.594 bits per heavy atom. The van der Waals surface area contributed by atoms with Crippen molar-refractivity contribution in [2.75, 3.05) is 47.5 Å². The third-order valence-electron chi connectivity index (χ3n) is 17.8. The molecular weight excluding hydrogens is 1210 g/mol. The van der Waals surface area contributed by atoms with Crippen LogP contribution in [0, 0.1) is 0 Å². The van der Waals surface area contributed by atoms with Gasteiger partial charge < -0.3 is 18.9 Å². The molecule has 556 valence electrons. The quantitative estimate of drug-likeness (QED) is 0.0211. The number of hydrogen-bond donors (Lipinski definition) is 1. The molecule has 2 atom stereocenters. The predicted octanol–water partition coefficient (Wildman–Crippen LogP) is 27.2. The van der Waals surface area contributed by atoms with Crippen molar-refractivity contribution in [3.8, 4) is 0 Å². The van der Waals surface area contributed by atoms with Crippen LogP contribution >= 0.6 is 7.82 Å². The first-order chi connectivity index (χ1) is 47.0. The average Bonchev–Trinajstić information content (AvgIpc) is 1.97. The zero-order valence-corrected chi connectivity index (χ0v) is 64.5. The maximum Gasteiger partial charge on any atom is 0.472 e. The van der Waals surface area contributed by atoms with Gasteiger partial charge in [-0.05, 0) is 103 Å². The van der Waals surface area contributed by atoms with Crippen molar-refractivity contribution < 1.29 is 42.1 Å². The summed E-state index contributed by atoms with van der Waals surface area (Å²) in [7, 11) is 1.48. The van der Waals surface area contributed by atoms with E-state index in [1.54, 1.807) is 0 Å². The van der Waals surface area contributed by atoms with Crippen LogP contribution < -0.4 is 0 Å². The van der Waals surface area contributed by atoms with Crippen molar-refractivity contribution in [1.82, 2.24) is 0 Å². The van der Waals surface area contributed by atoms with Crippen LogP contribution in [0.1, 0.15) is 373 Å². The summed E-state index contributed by atoms with van der Waals surface area (Å²) >= 11 is 0. The van der Waals surface area contributed by atoms with Crippen molar-refractivity contribution in [3.63, 3.8) is 0 Å². The highest BCUT2D eigenvalue weighted by Gasteiger charge is 2.27. The topological polar surface area (TPSA) is 108 Å². The van der Waals surface area contributed by atoms with Gasteiger partial charge in [-0.2, -0.15) is 0 Å². The summed E-state index contributed by atoms with van der Waals surface area (Å²) in [5.41, 5.74) is 0. The fourth-order valence-corrected chi connectivity index (χ4v) is 12.4. The van der Waals surface area contributed by atoms with E-state index >= 15 is 0 Å². The molecule has 0 bridgehead atoms. The number of phosphoric acid groups is 1. The summed E-state index contributed by atoms with van der Waals surface area (Å²) in [4.78, 5) is 36.0. The highest BCUT2D eigenvalue weighted by Crippen LogP contribution is 2.43. The number of nitrogens with zero attached hydrogens (tertiary/aromatic N) is 1. The van der Waals surface area contributed by atoms with Crippen LogP contribution in [0.15, 0.2) is 109 Å². The monoisotopic (exact) mass is 1360 g/mol. The molecule has 0 aromatic rings. The summed E-state index contributed by atoms with van der Waals surface area (Å²) in [6, 6.07) is 0. The first-order valence-corrected chi connectivity index (χ1v) is 42.1. The van der Waals surface area contributed by atoms with Gasteiger partial charge in [-0.1, -0.05) is 367 Å². The lowest BCUT2D eigenvalue weighted by Gasteiger charge is -2.24. The fraction of sp³-hybridized carbons (Fsp3) is 0.767.